The molecular formula is C25H20N6O2. The molecule has 33 heavy (non-hydrogen) atoms. The number of hydrogen-bond acceptors (Lipinski definition) is 5. The monoisotopic (exact) mass is 436 g/mol. The van der Waals surface area contributed by atoms with E-state index in [0.29, 0.717) is 22.7 Å². The Morgan fingerprint density at radius 1 is 1.00 bits per heavy atom. The molecule has 2 aromatic carbocycles. The summed E-state index contributed by atoms with van der Waals surface area (Å²) in [6.45, 7) is 0. The maximum atomic E-state index is 13.0. The van der Waals surface area contributed by atoms with E-state index in [1.54, 1.807) is 58.6 Å². The third-order valence-electron chi connectivity index (χ3n) is 4.99. The Bertz CT molecular complexity index is 1410. The molecule has 0 aliphatic carbocycles. The number of anilines is 1. The molecule has 5 rings (SSSR count). The van der Waals surface area contributed by atoms with Crippen LogP contribution in [0.4, 0.5) is 5.69 Å². The van der Waals surface area contributed by atoms with E-state index in [1.807, 2.05) is 55.7 Å². The number of amides is 1. The molecule has 1 N–H and O–H groups in total. The van der Waals surface area contributed by atoms with E-state index in [1.165, 1.54) is 0 Å². The number of imidazole rings is 1. The molecule has 0 unspecified atom stereocenters. The van der Waals surface area contributed by atoms with Crippen LogP contribution in [0.2, 0.25) is 0 Å². The van der Waals surface area contributed by atoms with E-state index < -0.39 is 0 Å². The lowest BCUT2D eigenvalue weighted by molar-refractivity contribution is 0.102. The smallest absolute Gasteiger partial charge is 0.257 e. The highest BCUT2D eigenvalue weighted by atomic mass is 16.5. The van der Waals surface area contributed by atoms with Crippen molar-refractivity contribution in [1.82, 2.24) is 24.3 Å². The van der Waals surface area contributed by atoms with Crippen molar-refractivity contribution in [2.45, 2.75) is 0 Å². The van der Waals surface area contributed by atoms with Crippen molar-refractivity contribution >= 4 is 11.6 Å². The lowest BCUT2D eigenvalue weighted by Gasteiger charge is -2.12. The van der Waals surface area contributed by atoms with Gasteiger partial charge in [0, 0.05) is 55.2 Å². The molecule has 162 valence electrons. The fourth-order valence-corrected chi connectivity index (χ4v) is 3.45. The number of hydrogen-bond donors (Lipinski definition) is 1. The third-order valence-corrected chi connectivity index (χ3v) is 4.99. The highest BCUT2D eigenvalue weighted by Crippen LogP contribution is 2.27. The van der Waals surface area contributed by atoms with E-state index in [4.69, 9.17) is 4.74 Å². The molecule has 3 aromatic heterocycles. The van der Waals surface area contributed by atoms with Crippen LogP contribution in [-0.2, 0) is 7.05 Å². The van der Waals surface area contributed by atoms with Gasteiger partial charge in [-0.15, -0.1) is 0 Å². The number of aryl methyl sites for hydroxylation is 1. The Kier molecular flexibility index (Phi) is 5.38. The van der Waals surface area contributed by atoms with Gasteiger partial charge in [0.1, 0.15) is 11.5 Å². The highest BCUT2D eigenvalue weighted by molar-refractivity contribution is 6.06. The molecule has 8 heteroatoms. The standard InChI is InChI=1S/C25H20N6O2/c1-30-16-18(15-28-30)23-14-21(9-10-27-23)33-20-6-4-5-19(13-20)29-25(32)22-7-2-3-8-24(22)31-12-11-26-17-31/h2-17H,1H3,(H,29,32). The average molecular weight is 436 g/mol. The van der Waals surface area contributed by atoms with Crippen molar-refractivity contribution < 1.29 is 9.53 Å². The number of rotatable bonds is 6. The van der Waals surface area contributed by atoms with Gasteiger partial charge in [0.25, 0.3) is 5.91 Å². The van der Waals surface area contributed by atoms with Crippen molar-refractivity contribution in [2.75, 3.05) is 5.32 Å². The van der Waals surface area contributed by atoms with Crippen LogP contribution in [0.1, 0.15) is 10.4 Å². The van der Waals surface area contributed by atoms with Gasteiger partial charge in [-0.3, -0.25) is 14.5 Å². The van der Waals surface area contributed by atoms with E-state index in [2.05, 4.69) is 20.4 Å². The molecule has 0 atom stereocenters. The van der Waals surface area contributed by atoms with E-state index in [0.717, 1.165) is 16.9 Å². The van der Waals surface area contributed by atoms with E-state index in [-0.39, 0.29) is 5.91 Å². The fraction of sp³-hybridized carbons (Fsp3) is 0.0400. The first-order valence-corrected chi connectivity index (χ1v) is 10.3. The van der Waals surface area contributed by atoms with Crippen LogP contribution in [0, 0.1) is 0 Å². The zero-order valence-corrected chi connectivity index (χ0v) is 17.8. The molecule has 0 radical (unpaired) electrons. The van der Waals surface area contributed by atoms with Gasteiger partial charge in [0.15, 0.2) is 0 Å². The summed E-state index contributed by atoms with van der Waals surface area (Å²) in [6, 6.07) is 18.3. The Labute approximate surface area is 190 Å². The minimum atomic E-state index is -0.223. The van der Waals surface area contributed by atoms with Crippen LogP contribution in [0.5, 0.6) is 11.5 Å². The molecule has 0 aliphatic rings. The first-order valence-electron chi connectivity index (χ1n) is 10.3. The van der Waals surface area contributed by atoms with Gasteiger partial charge in [-0.25, -0.2) is 4.98 Å². The Morgan fingerprint density at radius 2 is 1.88 bits per heavy atom. The molecule has 0 spiro atoms. The second-order valence-electron chi connectivity index (χ2n) is 7.35. The first kappa shape index (κ1) is 20.2. The number of ether oxygens (including phenoxy) is 1. The summed E-state index contributed by atoms with van der Waals surface area (Å²) < 4.78 is 9.55. The largest absolute Gasteiger partial charge is 0.457 e. The molecule has 8 nitrogen and oxygen atoms in total. The van der Waals surface area contributed by atoms with Crippen LogP contribution < -0.4 is 10.1 Å². The van der Waals surface area contributed by atoms with Gasteiger partial charge in [-0.2, -0.15) is 5.10 Å². The van der Waals surface area contributed by atoms with Gasteiger partial charge >= 0.3 is 0 Å². The van der Waals surface area contributed by atoms with Crippen LogP contribution >= 0.6 is 0 Å². The topological polar surface area (TPSA) is 86.9 Å². The fourth-order valence-electron chi connectivity index (χ4n) is 3.45. The van der Waals surface area contributed by atoms with Crippen LogP contribution in [0.25, 0.3) is 16.9 Å². The van der Waals surface area contributed by atoms with E-state index >= 15 is 0 Å². The zero-order valence-electron chi connectivity index (χ0n) is 17.8. The van der Waals surface area contributed by atoms with Crippen molar-refractivity contribution in [1.29, 1.82) is 0 Å². The number of carbonyl (C=O) groups is 1. The summed E-state index contributed by atoms with van der Waals surface area (Å²) in [7, 11) is 1.86. The predicted molar refractivity (Wildman–Crippen MR) is 124 cm³/mol. The maximum Gasteiger partial charge on any atom is 0.257 e. The highest BCUT2D eigenvalue weighted by Gasteiger charge is 2.13. The Hall–Kier alpha value is -4.72. The summed E-state index contributed by atoms with van der Waals surface area (Å²) in [5.74, 6) is 1.01. The second kappa shape index (κ2) is 8.80. The SMILES string of the molecule is Cn1cc(-c2cc(Oc3cccc(NC(=O)c4ccccc4-n4ccnc4)c3)ccn2)cn1. The van der Waals surface area contributed by atoms with Crippen LogP contribution in [0.3, 0.4) is 0 Å². The summed E-state index contributed by atoms with van der Waals surface area (Å²) in [5.41, 5.74) is 3.58. The summed E-state index contributed by atoms with van der Waals surface area (Å²) in [4.78, 5) is 21.5. The molecule has 0 bridgehead atoms. The van der Waals surface area contributed by atoms with Crippen molar-refractivity contribution in [3.8, 4) is 28.4 Å². The summed E-state index contributed by atoms with van der Waals surface area (Å²) >= 11 is 0. The molecule has 5 aromatic rings. The second-order valence-corrected chi connectivity index (χ2v) is 7.35. The van der Waals surface area contributed by atoms with Crippen LogP contribution in [-0.4, -0.2) is 30.2 Å². The molecule has 3 heterocycles. The molecule has 0 fully saturated rings. The average Bonchev–Trinajstić information content (AvgIpc) is 3.52. The molecule has 0 aliphatic heterocycles. The minimum Gasteiger partial charge on any atom is -0.457 e. The van der Waals surface area contributed by atoms with E-state index in [9.17, 15) is 4.79 Å². The lowest BCUT2D eigenvalue weighted by atomic mass is 10.1. The first-order chi connectivity index (χ1) is 16.2. The number of carbonyl (C=O) groups excluding carboxylic acids is 1. The van der Waals surface area contributed by atoms with Gasteiger partial charge < -0.3 is 14.6 Å². The minimum absolute atomic E-state index is 0.223. The summed E-state index contributed by atoms with van der Waals surface area (Å²) in [6.07, 6.45) is 10.5. The third kappa shape index (κ3) is 4.49. The zero-order chi connectivity index (χ0) is 22.6. The number of nitrogens with one attached hydrogen (secondary N) is 1. The molecule has 0 saturated carbocycles. The van der Waals surface area contributed by atoms with Crippen LogP contribution in [0.15, 0.2) is 98.0 Å². The number of para-hydroxylation sites is 1. The number of nitrogens with zero attached hydrogens (tertiary/aromatic N) is 5. The Balaban J connectivity index is 1.34. The summed E-state index contributed by atoms with van der Waals surface area (Å²) in [5, 5.41) is 7.13. The number of aromatic nitrogens is 5. The predicted octanol–water partition coefficient (Wildman–Crippen LogP) is 4.71. The number of pyridine rings is 1. The maximum absolute atomic E-state index is 13.0. The van der Waals surface area contributed by atoms with Crippen molar-refractivity contribution in [2.24, 2.45) is 7.05 Å². The lowest BCUT2D eigenvalue weighted by Crippen LogP contribution is -2.14. The molecule has 1 amide bonds. The van der Waals surface area contributed by atoms with Crippen molar-refractivity contribution in [3.63, 3.8) is 0 Å². The van der Waals surface area contributed by atoms with Gasteiger partial charge in [-0.1, -0.05) is 18.2 Å². The molecule has 0 saturated heterocycles. The quantitative estimate of drug-likeness (QED) is 0.416. The van der Waals surface area contributed by atoms with Crippen molar-refractivity contribution in [3.05, 3.63) is 104 Å². The van der Waals surface area contributed by atoms with Gasteiger partial charge in [-0.05, 0) is 30.3 Å². The number of benzene rings is 2. The molecular weight excluding hydrogens is 416 g/mol. The Morgan fingerprint density at radius 3 is 2.70 bits per heavy atom. The normalized spacial score (nSPS) is 10.7. The van der Waals surface area contributed by atoms with Gasteiger partial charge in [0.2, 0.25) is 0 Å². The van der Waals surface area contributed by atoms with Gasteiger partial charge in [0.05, 0.1) is 29.5 Å².